The molecule has 0 spiro atoms. The van der Waals surface area contributed by atoms with E-state index in [1.54, 1.807) is 12.1 Å². The Kier molecular flexibility index (Phi) is 4.73. The van der Waals surface area contributed by atoms with Crippen LogP contribution in [0.5, 0.6) is 0 Å². The average Bonchev–Trinajstić information content (AvgIpc) is 2.37. The van der Waals surface area contributed by atoms with Gasteiger partial charge in [-0.15, -0.1) is 0 Å². The quantitative estimate of drug-likeness (QED) is 0.911. The van der Waals surface area contributed by atoms with Gasteiger partial charge >= 0.3 is 0 Å². The predicted molar refractivity (Wildman–Crippen MR) is 80.4 cm³/mol. The zero-order chi connectivity index (χ0) is 14.9. The van der Waals surface area contributed by atoms with Crippen LogP contribution in [0.25, 0.3) is 0 Å². The van der Waals surface area contributed by atoms with Gasteiger partial charge in [-0.1, -0.05) is 37.4 Å². The molecule has 1 aliphatic carbocycles. The molecule has 0 radical (unpaired) electrons. The molecule has 0 bridgehead atoms. The van der Waals surface area contributed by atoms with Crippen molar-refractivity contribution in [2.45, 2.75) is 44.2 Å². The summed E-state index contributed by atoms with van der Waals surface area (Å²) in [6.45, 7) is 2.20. The summed E-state index contributed by atoms with van der Waals surface area (Å²) in [6.07, 6.45) is 3.16. The first-order valence-corrected chi connectivity index (χ1v) is 7.55. The van der Waals surface area contributed by atoms with Crippen molar-refractivity contribution in [2.75, 3.05) is 14.1 Å². The standard InChI is InChI=1S/C16H23ClFNO/c1-11-5-4-8-16(10-11,19(2)3)15(20)13-7-6-12(17)9-14(13)18/h6-7,9,11,15,20H,4-5,8,10H2,1-3H3. The lowest BCUT2D eigenvalue weighted by atomic mass is 9.70. The Morgan fingerprint density at radius 3 is 2.70 bits per heavy atom. The summed E-state index contributed by atoms with van der Waals surface area (Å²) in [7, 11) is 3.93. The van der Waals surface area contributed by atoms with Gasteiger partial charge in [0.25, 0.3) is 0 Å². The highest BCUT2D eigenvalue weighted by Crippen LogP contribution is 2.44. The molecule has 3 atom stereocenters. The van der Waals surface area contributed by atoms with E-state index in [-0.39, 0.29) is 0 Å². The van der Waals surface area contributed by atoms with Crippen LogP contribution >= 0.6 is 11.6 Å². The van der Waals surface area contributed by atoms with Gasteiger partial charge < -0.3 is 10.0 Å². The van der Waals surface area contributed by atoms with Crippen LogP contribution in [0.1, 0.15) is 44.3 Å². The van der Waals surface area contributed by atoms with E-state index < -0.39 is 17.5 Å². The van der Waals surface area contributed by atoms with Crippen molar-refractivity contribution >= 4 is 11.6 Å². The number of hydrogen-bond donors (Lipinski definition) is 1. The molecule has 1 saturated carbocycles. The maximum Gasteiger partial charge on any atom is 0.130 e. The largest absolute Gasteiger partial charge is 0.386 e. The van der Waals surface area contributed by atoms with Crippen LogP contribution in [0.15, 0.2) is 18.2 Å². The lowest BCUT2D eigenvalue weighted by Gasteiger charge is -2.48. The van der Waals surface area contributed by atoms with Gasteiger partial charge in [0.2, 0.25) is 0 Å². The highest BCUT2D eigenvalue weighted by molar-refractivity contribution is 6.30. The minimum Gasteiger partial charge on any atom is -0.386 e. The fraction of sp³-hybridized carbons (Fsp3) is 0.625. The van der Waals surface area contributed by atoms with Crippen LogP contribution in [0.3, 0.4) is 0 Å². The number of hydrogen-bond acceptors (Lipinski definition) is 2. The monoisotopic (exact) mass is 299 g/mol. The molecule has 1 aromatic rings. The first-order chi connectivity index (χ1) is 9.36. The number of halogens is 2. The van der Waals surface area contributed by atoms with Gasteiger partial charge in [0.05, 0.1) is 5.54 Å². The maximum atomic E-state index is 14.1. The second-order valence-corrected chi connectivity index (χ2v) is 6.70. The van der Waals surface area contributed by atoms with Crippen molar-refractivity contribution < 1.29 is 9.50 Å². The number of rotatable bonds is 3. The Hall–Kier alpha value is -0.640. The number of aliphatic hydroxyl groups is 1. The third-order valence-electron chi connectivity index (χ3n) is 4.67. The second-order valence-electron chi connectivity index (χ2n) is 6.27. The van der Waals surface area contributed by atoms with Crippen molar-refractivity contribution in [1.29, 1.82) is 0 Å². The minimum atomic E-state index is -0.836. The van der Waals surface area contributed by atoms with E-state index in [9.17, 15) is 9.50 Å². The molecule has 2 nitrogen and oxygen atoms in total. The van der Waals surface area contributed by atoms with Crippen molar-refractivity contribution in [1.82, 2.24) is 4.90 Å². The lowest BCUT2D eigenvalue weighted by Crippen LogP contribution is -2.52. The minimum absolute atomic E-state index is 0.345. The molecular weight excluding hydrogens is 277 g/mol. The smallest absolute Gasteiger partial charge is 0.130 e. The Balaban J connectivity index is 2.38. The lowest BCUT2D eigenvalue weighted by molar-refractivity contribution is -0.0465. The van der Waals surface area contributed by atoms with Gasteiger partial charge in [0, 0.05) is 10.6 Å². The molecule has 1 fully saturated rings. The summed E-state index contributed by atoms with van der Waals surface area (Å²) < 4.78 is 14.1. The van der Waals surface area contributed by atoms with Crippen molar-refractivity contribution in [3.63, 3.8) is 0 Å². The fourth-order valence-electron chi connectivity index (χ4n) is 3.48. The Morgan fingerprint density at radius 2 is 2.15 bits per heavy atom. The first kappa shape index (κ1) is 15.7. The number of nitrogens with zero attached hydrogens (tertiary/aromatic N) is 1. The Labute approximate surface area is 125 Å². The number of benzene rings is 1. The third kappa shape index (κ3) is 2.85. The summed E-state index contributed by atoms with van der Waals surface area (Å²) in [5.74, 6) is 0.112. The summed E-state index contributed by atoms with van der Waals surface area (Å²) >= 11 is 5.80. The van der Waals surface area contributed by atoms with Crippen LogP contribution in [-0.2, 0) is 0 Å². The molecule has 1 aliphatic rings. The molecule has 1 N–H and O–H groups in total. The topological polar surface area (TPSA) is 23.5 Å². The zero-order valence-electron chi connectivity index (χ0n) is 12.4. The van der Waals surface area contributed by atoms with Crippen LogP contribution in [0, 0.1) is 11.7 Å². The maximum absolute atomic E-state index is 14.1. The average molecular weight is 300 g/mol. The summed E-state index contributed by atoms with van der Waals surface area (Å²) in [5, 5.41) is 11.2. The summed E-state index contributed by atoms with van der Waals surface area (Å²) in [5.41, 5.74) is -0.0519. The van der Waals surface area contributed by atoms with Crippen LogP contribution in [0.4, 0.5) is 4.39 Å². The van der Waals surface area contributed by atoms with Gasteiger partial charge in [-0.3, -0.25) is 0 Å². The number of likely N-dealkylation sites (N-methyl/N-ethyl adjacent to an activating group) is 1. The van der Waals surface area contributed by atoms with Gasteiger partial charge in [0.1, 0.15) is 11.9 Å². The molecule has 3 unspecified atom stereocenters. The highest BCUT2D eigenvalue weighted by Gasteiger charge is 2.44. The number of aliphatic hydroxyl groups excluding tert-OH is 1. The van der Waals surface area contributed by atoms with Crippen molar-refractivity contribution in [3.8, 4) is 0 Å². The molecule has 20 heavy (non-hydrogen) atoms. The third-order valence-corrected chi connectivity index (χ3v) is 4.90. The Bertz CT molecular complexity index is 480. The van der Waals surface area contributed by atoms with Crippen molar-refractivity contribution in [2.24, 2.45) is 5.92 Å². The molecule has 0 amide bonds. The summed E-state index contributed by atoms with van der Waals surface area (Å²) in [6, 6.07) is 4.52. The SMILES string of the molecule is CC1CCCC(C(O)c2ccc(Cl)cc2F)(N(C)C)C1. The van der Waals surface area contributed by atoms with E-state index in [4.69, 9.17) is 11.6 Å². The van der Waals surface area contributed by atoms with E-state index >= 15 is 0 Å². The molecule has 112 valence electrons. The molecule has 0 aliphatic heterocycles. The van der Waals surface area contributed by atoms with Gasteiger partial charge in [-0.2, -0.15) is 0 Å². The molecule has 0 heterocycles. The van der Waals surface area contributed by atoms with E-state index in [0.29, 0.717) is 16.5 Å². The predicted octanol–water partition coefficient (Wildman–Crippen LogP) is 4.02. The first-order valence-electron chi connectivity index (χ1n) is 7.17. The molecule has 0 aromatic heterocycles. The van der Waals surface area contributed by atoms with Gasteiger partial charge in [-0.25, -0.2) is 4.39 Å². The van der Waals surface area contributed by atoms with Crippen LogP contribution in [0.2, 0.25) is 5.02 Å². The highest BCUT2D eigenvalue weighted by atomic mass is 35.5. The van der Waals surface area contributed by atoms with Crippen LogP contribution in [-0.4, -0.2) is 29.6 Å². The van der Waals surface area contributed by atoms with E-state index in [2.05, 4.69) is 11.8 Å². The molecule has 4 heteroatoms. The van der Waals surface area contributed by atoms with E-state index in [1.807, 2.05) is 14.1 Å². The van der Waals surface area contributed by atoms with Crippen LogP contribution < -0.4 is 0 Å². The van der Waals surface area contributed by atoms with E-state index in [1.165, 1.54) is 12.5 Å². The molecule has 2 rings (SSSR count). The fourth-order valence-corrected chi connectivity index (χ4v) is 3.63. The molecular formula is C16H23ClFNO. The van der Waals surface area contributed by atoms with Gasteiger partial charge in [-0.05, 0) is 45.0 Å². The Morgan fingerprint density at radius 1 is 1.45 bits per heavy atom. The van der Waals surface area contributed by atoms with E-state index in [0.717, 1.165) is 19.3 Å². The molecule has 0 saturated heterocycles. The second kappa shape index (κ2) is 6.00. The van der Waals surface area contributed by atoms with Crippen molar-refractivity contribution in [3.05, 3.63) is 34.6 Å². The zero-order valence-corrected chi connectivity index (χ0v) is 13.1. The van der Waals surface area contributed by atoms with Gasteiger partial charge in [0.15, 0.2) is 0 Å². The normalized spacial score (nSPS) is 28.6. The summed E-state index contributed by atoms with van der Waals surface area (Å²) in [4.78, 5) is 2.06. The molecule has 1 aromatic carbocycles.